The monoisotopic (exact) mass is 287 g/mol. The quantitative estimate of drug-likeness (QED) is 0.916. The Hall–Kier alpha value is -1.55. The standard InChI is InChI=1S/C17H25N3O/c1-13(2)10-18-11-14-6-5-9-20(12-14)17-19-15-7-3-4-8-16(15)21-17/h3-4,7-8,13-14,18H,5-6,9-12H2,1-2H3. The van der Waals surface area contributed by atoms with E-state index in [0.29, 0.717) is 11.8 Å². The van der Waals surface area contributed by atoms with Gasteiger partial charge in [0.25, 0.3) is 6.01 Å². The summed E-state index contributed by atoms with van der Waals surface area (Å²) in [5, 5.41) is 3.58. The largest absolute Gasteiger partial charge is 0.423 e. The van der Waals surface area contributed by atoms with E-state index < -0.39 is 0 Å². The van der Waals surface area contributed by atoms with Crippen LogP contribution in [0.5, 0.6) is 0 Å². The lowest BCUT2D eigenvalue weighted by atomic mass is 9.98. The maximum absolute atomic E-state index is 5.89. The molecule has 1 aromatic carbocycles. The van der Waals surface area contributed by atoms with Gasteiger partial charge in [-0.15, -0.1) is 0 Å². The van der Waals surface area contributed by atoms with Crippen LogP contribution in [-0.2, 0) is 0 Å². The number of aromatic nitrogens is 1. The van der Waals surface area contributed by atoms with E-state index in [9.17, 15) is 0 Å². The number of nitrogens with one attached hydrogen (secondary N) is 1. The van der Waals surface area contributed by atoms with Crippen molar-refractivity contribution in [1.82, 2.24) is 10.3 Å². The van der Waals surface area contributed by atoms with E-state index in [-0.39, 0.29) is 0 Å². The molecule has 2 aromatic rings. The first kappa shape index (κ1) is 14.4. The lowest BCUT2D eigenvalue weighted by molar-refractivity contribution is 0.370. The normalized spacial score (nSPS) is 19.6. The van der Waals surface area contributed by atoms with E-state index in [2.05, 4.69) is 29.0 Å². The second-order valence-corrected chi connectivity index (χ2v) is 6.47. The van der Waals surface area contributed by atoms with Gasteiger partial charge in [-0.25, -0.2) is 0 Å². The van der Waals surface area contributed by atoms with E-state index in [0.717, 1.165) is 43.3 Å². The summed E-state index contributed by atoms with van der Waals surface area (Å²) in [5.74, 6) is 1.40. The molecule has 21 heavy (non-hydrogen) atoms. The summed E-state index contributed by atoms with van der Waals surface area (Å²) in [5.41, 5.74) is 1.83. The summed E-state index contributed by atoms with van der Waals surface area (Å²) in [7, 11) is 0. The third kappa shape index (κ3) is 3.56. The Morgan fingerprint density at radius 1 is 1.38 bits per heavy atom. The van der Waals surface area contributed by atoms with Gasteiger partial charge in [0.1, 0.15) is 5.52 Å². The lowest BCUT2D eigenvalue weighted by Gasteiger charge is -2.31. The number of fused-ring (bicyclic) bond motifs is 1. The molecule has 1 fully saturated rings. The molecule has 1 aliphatic heterocycles. The van der Waals surface area contributed by atoms with Crippen molar-refractivity contribution < 1.29 is 4.42 Å². The van der Waals surface area contributed by atoms with Crippen molar-refractivity contribution in [2.45, 2.75) is 26.7 Å². The fourth-order valence-corrected chi connectivity index (χ4v) is 2.98. The number of hydrogen-bond donors (Lipinski definition) is 1. The van der Waals surface area contributed by atoms with Gasteiger partial charge in [-0.05, 0) is 49.9 Å². The molecule has 3 rings (SSSR count). The third-order valence-corrected chi connectivity index (χ3v) is 4.06. The molecule has 0 aliphatic carbocycles. The smallest absolute Gasteiger partial charge is 0.298 e. The number of hydrogen-bond acceptors (Lipinski definition) is 4. The molecule has 1 aromatic heterocycles. The van der Waals surface area contributed by atoms with Crippen molar-refractivity contribution >= 4 is 17.1 Å². The van der Waals surface area contributed by atoms with Gasteiger partial charge in [0.15, 0.2) is 5.58 Å². The van der Waals surface area contributed by atoms with Gasteiger partial charge in [0.2, 0.25) is 0 Å². The van der Waals surface area contributed by atoms with E-state index >= 15 is 0 Å². The first-order valence-corrected chi connectivity index (χ1v) is 8.03. The molecule has 0 spiro atoms. The molecule has 0 radical (unpaired) electrons. The van der Waals surface area contributed by atoms with Crippen LogP contribution < -0.4 is 10.2 Å². The van der Waals surface area contributed by atoms with Crippen molar-refractivity contribution in [2.75, 3.05) is 31.1 Å². The van der Waals surface area contributed by atoms with Gasteiger partial charge in [-0.3, -0.25) is 0 Å². The molecular weight excluding hydrogens is 262 g/mol. The van der Waals surface area contributed by atoms with E-state index in [1.54, 1.807) is 0 Å². The predicted octanol–water partition coefficient (Wildman–Crippen LogP) is 3.29. The van der Waals surface area contributed by atoms with Crippen molar-refractivity contribution in [3.8, 4) is 0 Å². The van der Waals surface area contributed by atoms with Crippen molar-refractivity contribution in [1.29, 1.82) is 0 Å². The number of para-hydroxylation sites is 2. The molecule has 1 N–H and O–H groups in total. The van der Waals surface area contributed by atoms with Crippen LogP contribution in [0.25, 0.3) is 11.1 Å². The molecule has 4 heteroatoms. The Kier molecular flexibility index (Phi) is 4.44. The molecule has 0 bridgehead atoms. The number of benzene rings is 1. The highest BCUT2D eigenvalue weighted by Crippen LogP contribution is 2.26. The molecule has 1 atom stereocenters. The maximum atomic E-state index is 5.89. The number of nitrogens with zero attached hydrogens (tertiary/aromatic N) is 2. The van der Waals surface area contributed by atoms with E-state index in [1.165, 1.54) is 12.8 Å². The van der Waals surface area contributed by atoms with Crippen LogP contribution >= 0.6 is 0 Å². The maximum Gasteiger partial charge on any atom is 0.298 e. The summed E-state index contributed by atoms with van der Waals surface area (Å²) in [6.07, 6.45) is 2.51. The molecule has 0 amide bonds. The molecule has 114 valence electrons. The molecule has 1 aliphatic rings. The van der Waals surface area contributed by atoms with Crippen LogP contribution in [0.3, 0.4) is 0 Å². The summed E-state index contributed by atoms with van der Waals surface area (Å²) in [6, 6.07) is 8.77. The SMILES string of the molecule is CC(C)CNCC1CCCN(c2nc3ccccc3o2)C1. The number of piperidine rings is 1. The Bertz CT molecular complexity index is 545. The second-order valence-electron chi connectivity index (χ2n) is 6.47. The first-order chi connectivity index (χ1) is 10.2. The molecule has 4 nitrogen and oxygen atoms in total. The fraction of sp³-hybridized carbons (Fsp3) is 0.588. The van der Waals surface area contributed by atoms with Crippen LogP contribution in [0.1, 0.15) is 26.7 Å². The van der Waals surface area contributed by atoms with Gasteiger partial charge < -0.3 is 14.6 Å². The van der Waals surface area contributed by atoms with Gasteiger partial charge in [0.05, 0.1) is 0 Å². The van der Waals surface area contributed by atoms with Crippen molar-refractivity contribution in [3.05, 3.63) is 24.3 Å². The van der Waals surface area contributed by atoms with Gasteiger partial charge in [-0.1, -0.05) is 26.0 Å². The highest BCUT2D eigenvalue weighted by molar-refractivity contribution is 5.74. The Labute approximate surface area is 126 Å². The summed E-state index contributed by atoms with van der Waals surface area (Å²) in [6.45, 7) is 8.77. The minimum absolute atomic E-state index is 0.688. The van der Waals surface area contributed by atoms with Gasteiger partial charge in [-0.2, -0.15) is 4.98 Å². The molecular formula is C17H25N3O. The average Bonchev–Trinajstić information content (AvgIpc) is 2.91. The zero-order valence-corrected chi connectivity index (χ0v) is 13.0. The number of rotatable bonds is 5. The topological polar surface area (TPSA) is 41.3 Å². The second kappa shape index (κ2) is 6.48. The van der Waals surface area contributed by atoms with Gasteiger partial charge >= 0.3 is 0 Å². The van der Waals surface area contributed by atoms with Crippen molar-refractivity contribution in [3.63, 3.8) is 0 Å². The third-order valence-electron chi connectivity index (χ3n) is 4.06. The van der Waals surface area contributed by atoms with Crippen molar-refractivity contribution in [2.24, 2.45) is 11.8 Å². The Morgan fingerprint density at radius 3 is 3.05 bits per heavy atom. The summed E-state index contributed by atoms with van der Waals surface area (Å²) >= 11 is 0. The Balaban J connectivity index is 1.62. The zero-order valence-electron chi connectivity index (χ0n) is 13.0. The zero-order chi connectivity index (χ0) is 14.7. The predicted molar refractivity (Wildman–Crippen MR) is 86.7 cm³/mol. The van der Waals surface area contributed by atoms with Gasteiger partial charge in [0, 0.05) is 13.1 Å². The van der Waals surface area contributed by atoms with Crippen LogP contribution in [0.15, 0.2) is 28.7 Å². The highest BCUT2D eigenvalue weighted by atomic mass is 16.4. The van der Waals surface area contributed by atoms with Crippen LogP contribution in [-0.4, -0.2) is 31.2 Å². The molecule has 2 heterocycles. The van der Waals surface area contributed by atoms with E-state index in [1.807, 2.05) is 24.3 Å². The summed E-state index contributed by atoms with van der Waals surface area (Å²) in [4.78, 5) is 6.92. The average molecular weight is 287 g/mol. The number of oxazole rings is 1. The first-order valence-electron chi connectivity index (χ1n) is 8.03. The Morgan fingerprint density at radius 2 is 2.24 bits per heavy atom. The molecule has 1 saturated heterocycles. The van der Waals surface area contributed by atoms with Crippen LogP contribution in [0.2, 0.25) is 0 Å². The van der Waals surface area contributed by atoms with Crippen LogP contribution in [0.4, 0.5) is 6.01 Å². The minimum atomic E-state index is 0.688. The molecule has 1 unspecified atom stereocenters. The highest BCUT2D eigenvalue weighted by Gasteiger charge is 2.23. The number of anilines is 1. The fourth-order valence-electron chi connectivity index (χ4n) is 2.98. The van der Waals surface area contributed by atoms with Crippen LogP contribution in [0, 0.1) is 11.8 Å². The lowest BCUT2D eigenvalue weighted by Crippen LogP contribution is -2.40. The molecule has 0 saturated carbocycles. The summed E-state index contributed by atoms with van der Waals surface area (Å²) < 4.78 is 5.89. The van der Waals surface area contributed by atoms with E-state index in [4.69, 9.17) is 4.42 Å². The minimum Gasteiger partial charge on any atom is -0.423 e.